The average Bonchev–Trinajstić information content (AvgIpc) is 2.85. The lowest BCUT2D eigenvalue weighted by Crippen LogP contribution is -2.13. The highest BCUT2D eigenvalue weighted by atomic mass is 79.9. The Morgan fingerprint density at radius 2 is 1.74 bits per heavy atom. The molecule has 0 unspecified atom stereocenters. The third-order valence-corrected chi connectivity index (χ3v) is 6.84. The van der Waals surface area contributed by atoms with Crippen molar-refractivity contribution in [1.29, 1.82) is 5.26 Å². The molecule has 174 valence electrons. The third-order valence-electron chi connectivity index (χ3n) is 5.15. The molecule has 0 aliphatic rings. The number of rotatable bonds is 6. The molecule has 4 aromatic carbocycles. The van der Waals surface area contributed by atoms with Crippen molar-refractivity contribution in [2.45, 2.75) is 6.61 Å². The van der Waals surface area contributed by atoms with Gasteiger partial charge in [-0.05, 0) is 68.2 Å². The summed E-state index contributed by atoms with van der Waals surface area (Å²) in [5, 5.41) is 15.2. The Morgan fingerprint density at radius 1 is 1.00 bits per heavy atom. The van der Waals surface area contributed by atoms with Crippen LogP contribution in [0.2, 0.25) is 15.1 Å². The van der Waals surface area contributed by atoms with E-state index in [1.807, 2.05) is 48.5 Å². The molecule has 4 aromatic rings. The van der Waals surface area contributed by atoms with Crippen molar-refractivity contribution >= 4 is 79.2 Å². The van der Waals surface area contributed by atoms with Crippen LogP contribution in [-0.4, -0.2) is 5.91 Å². The molecule has 0 aliphatic heterocycles. The summed E-state index contributed by atoms with van der Waals surface area (Å²) < 4.78 is 6.62. The van der Waals surface area contributed by atoms with Gasteiger partial charge in [-0.15, -0.1) is 0 Å². The van der Waals surface area contributed by atoms with Crippen LogP contribution >= 0.6 is 50.7 Å². The standard InChI is InChI=1S/C27H16BrCl3N2O2/c28-21-12-16(11-19(14-32)27(34)33-24-10-4-9-22(29)25(24)31)13-23(30)26(21)35-15-18-7-3-6-17-5-1-2-8-20(17)18/h1-13H,15H2,(H,33,34)/b19-11-. The van der Waals surface area contributed by atoms with Gasteiger partial charge in [-0.3, -0.25) is 4.79 Å². The van der Waals surface area contributed by atoms with Gasteiger partial charge in [-0.25, -0.2) is 0 Å². The van der Waals surface area contributed by atoms with Crippen LogP contribution in [0.25, 0.3) is 16.8 Å². The van der Waals surface area contributed by atoms with Crippen molar-refractivity contribution in [3.8, 4) is 11.8 Å². The summed E-state index contributed by atoms with van der Waals surface area (Å²) in [6.07, 6.45) is 1.43. The second-order valence-electron chi connectivity index (χ2n) is 7.47. The first-order valence-corrected chi connectivity index (χ1v) is 12.3. The Kier molecular flexibility index (Phi) is 8.00. The molecule has 0 saturated carbocycles. The van der Waals surface area contributed by atoms with Crippen LogP contribution in [0.3, 0.4) is 0 Å². The van der Waals surface area contributed by atoms with Crippen LogP contribution in [0.5, 0.6) is 5.75 Å². The maximum absolute atomic E-state index is 12.6. The minimum Gasteiger partial charge on any atom is -0.486 e. The van der Waals surface area contributed by atoms with Crippen LogP contribution < -0.4 is 10.1 Å². The number of halogens is 4. The van der Waals surface area contributed by atoms with E-state index >= 15 is 0 Å². The summed E-state index contributed by atoms with van der Waals surface area (Å²) in [4.78, 5) is 12.6. The van der Waals surface area contributed by atoms with E-state index in [-0.39, 0.29) is 10.6 Å². The SMILES string of the molecule is N#C/C(=C/c1cc(Cl)c(OCc2cccc3ccccc23)c(Br)c1)C(=O)Nc1cccc(Cl)c1Cl. The molecule has 0 saturated heterocycles. The monoisotopic (exact) mass is 584 g/mol. The Morgan fingerprint density at radius 3 is 2.51 bits per heavy atom. The summed E-state index contributed by atoms with van der Waals surface area (Å²) in [6, 6.07) is 24.2. The average molecular weight is 587 g/mol. The van der Waals surface area contributed by atoms with Crippen LogP contribution in [0, 0.1) is 11.3 Å². The summed E-state index contributed by atoms with van der Waals surface area (Å²) >= 11 is 22.1. The minimum atomic E-state index is -0.625. The molecule has 1 amide bonds. The van der Waals surface area contributed by atoms with Crippen LogP contribution in [0.1, 0.15) is 11.1 Å². The van der Waals surface area contributed by atoms with Gasteiger partial charge in [0.25, 0.3) is 5.91 Å². The number of hydrogen-bond acceptors (Lipinski definition) is 3. The molecular weight excluding hydrogens is 571 g/mol. The largest absolute Gasteiger partial charge is 0.486 e. The Balaban J connectivity index is 1.54. The van der Waals surface area contributed by atoms with Crippen molar-refractivity contribution in [3.05, 3.63) is 109 Å². The number of nitrogens with zero attached hydrogens (tertiary/aromatic N) is 1. The van der Waals surface area contributed by atoms with Gasteiger partial charge in [0.1, 0.15) is 18.2 Å². The smallest absolute Gasteiger partial charge is 0.266 e. The van der Waals surface area contributed by atoms with Gasteiger partial charge in [-0.2, -0.15) is 5.26 Å². The minimum absolute atomic E-state index is 0.131. The van der Waals surface area contributed by atoms with E-state index in [9.17, 15) is 10.1 Å². The highest BCUT2D eigenvalue weighted by Gasteiger charge is 2.15. The predicted molar refractivity (Wildman–Crippen MR) is 146 cm³/mol. The summed E-state index contributed by atoms with van der Waals surface area (Å²) in [5.74, 6) is -0.161. The van der Waals surface area contributed by atoms with Crippen molar-refractivity contribution in [1.82, 2.24) is 0 Å². The number of ether oxygens (including phenoxy) is 1. The molecule has 4 nitrogen and oxygen atoms in total. The lowest BCUT2D eigenvalue weighted by atomic mass is 10.1. The molecule has 8 heteroatoms. The van der Waals surface area contributed by atoms with E-state index in [0.717, 1.165) is 16.3 Å². The Hall–Kier alpha value is -3.01. The third kappa shape index (κ3) is 5.80. The fourth-order valence-electron chi connectivity index (χ4n) is 3.47. The number of nitriles is 1. The maximum Gasteiger partial charge on any atom is 0.266 e. The number of benzene rings is 4. The number of carbonyl (C=O) groups is 1. The normalized spacial score (nSPS) is 11.2. The summed E-state index contributed by atoms with van der Waals surface area (Å²) in [7, 11) is 0. The molecule has 0 aromatic heterocycles. The number of carbonyl (C=O) groups excluding carboxylic acids is 1. The van der Waals surface area contributed by atoms with Gasteiger partial charge < -0.3 is 10.1 Å². The van der Waals surface area contributed by atoms with Crippen molar-refractivity contribution < 1.29 is 9.53 Å². The maximum atomic E-state index is 12.6. The number of anilines is 1. The van der Waals surface area contributed by atoms with E-state index in [4.69, 9.17) is 39.5 Å². The molecule has 35 heavy (non-hydrogen) atoms. The summed E-state index contributed by atoms with van der Waals surface area (Å²) in [6.45, 7) is 0.321. The number of hydrogen-bond donors (Lipinski definition) is 1. The second kappa shape index (κ2) is 11.2. The van der Waals surface area contributed by atoms with E-state index in [2.05, 4.69) is 21.2 Å². The Labute approximate surface area is 225 Å². The quantitative estimate of drug-likeness (QED) is 0.182. The van der Waals surface area contributed by atoms with Crippen LogP contribution in [-0.2, 0) is 11.4 Å². The Bertz CT molecular complexity index is 1480. The highest BCUT2D eigenvalue weighted by molar-refractivity contribution is 9.10. The van der Waals surface area contributed by atoms with Gasteiger partial charge >= 0.3 is 0 Å². The molecule has 4 rings (SSSR count). The topological polar surface area (TPSA) is 62.1 Å². The molecule has 0 heterocycles. The van der Waals surface area contributed by atoms with Gasteiger partial charge in [0.15, 0.2) is 5.75 Å². The highest BCUT2D eigenvalue weighted by Crippen LogP contribution is 2.36. The molecule has 0 fully saturated rings. The molecule has 0 spiro atoms. The molecular formula is C27H16BrCl3N2O2. The van der Waals surface area contributed by atoms with Crippen LogP contribution in [0.15, 0.2) is 82.8 Å². The first kappa shape index (κ1) is 25.1. The zero-order chi connectivity index (χ0) is 24.9. The van der Waals surface area contributed by atoms with E-state index in [1.54, 1.807) is 30.3 Å². The molecule has 0 aliphatic carbocycles. The van der Waals surface area contributed by atoms with E-state index in [0.29, 0.717) is 38.1 Å². The number of amides is 1. The van der Waals surface area contributed by atoms with Gasteiger partial charge in [0.05, 0.1) is 25.2 Å². The van der Waals surface area contributed by atoms with E-state index < -0.39 is 5.91 Å². The fraction of sp³-hybridized carbons (Fsp3) is 0.0370. The number of fused-ring (bicyclic) bond motifs is 1. The fourth-order valence-corrected chi connectivity index (χ4v) is 4.81. The van der Waals surface area contributed by atoms with Crippen LogP contribution in [0.4, 0.5) is 5.69 Å². The number of nitrogens with one attached hydrogen (secondary N) is 1. The lowest BCUT2D eigenvalue weighted by molar-refractivity contribution is -0.112. The first-order chi connectivity index (χ1) is 16.9. The van der Waals surface area contributed by atoms with Crippen molar-refractivity contribution in [2.75, 3.05) is 5.32 Å². The first-order valence-electron chi connectivity index (χ1n) is 10.3. The zero-order valence-electron chi connectivity index (χ0n) is 18.0. The van der Waals surface area contributed by atoms with Gasteiger partial charge in [0, 0.05) is 0 Å². The summed E-state index contributed by atoms with van der Waals surface area (Å²) in [5.41, 5.74) is 1.75. The van der Waals surface area contributed by atoms with Gasteiger partial charge in [-0.1, -0.05) is 83.3 Å². The molecule has 1 N–H and O–H groups in total. The van der Waals surface area contributed by atoms with Gasteiger partial charge in [0.2, 0.25) is 0 Å². The second-order valence-corrected chi connectivity index (χ2v) is 9.51. The zero-order valence-corrected chi connectivity index (χ0v) is 21.8. The molecule has 0 radical (unpaired) electrons. The van der Waals surface area contributed by atoms with Crippen molar-refractivity contribution in [3.63, 3.8) is 0 Å². The molecule has 0 atom stereocenters. The lowest BCUT2D eigenvalue weighted by Gasteiger charge is -2.13. The van der Waals surface area contributed by atoms with E-state index in [1.165, 1.54) is 6.08 Å². The van der Waals surface area contributed by atoms with Crippen molar-refractivity contribution in [2.24, 2.45) is 0 Å². The predicted octanol–water partition coefficient (Wildman–Crippen LogP) is 8.69. The molecule has 0 bridgehead atoms.